The third-order valence-corrected chi connectivity index (χ3v) is 9.06. The molecule has 2 amide bonds. The molecule has 2 aromatic rings. The summed E-state index contributed by atoms with van der Waals surface area (Å²) in [6.07, 6.45) is 2.42. The van der Waals surface area contributed by atoms with E-state index >= 15 is 0 Å². The first-order valence-electron chi connectivity index (χ1n) is 11.4. The number of likely N-dealkylation sites (tertiary alicyclic amines) is 2. The van der Waals surface area contributed by atoms with Crippen LogP contribution in [0.15, 0.2) is 41.3 Å². The van der Waals surface area contributed by atoms with Gasteiger partial charge in [0.2, 0.25) is 21.8 Å². The molecule has 0 spiro atoms. The van der Waals surface area contributed by atoms with Crippen LogP contribution in [0.3, 0.4) is 0 Å². The molecule has 9 heteroatoms. The van der Waals surface area contributed by atoms with Gasteiger partial charge in [-0.3, -0.25) is 9.59 Å². The Morgan fingerprint density at radius 1 is 1.18 bits per heavy atom. The molecule has 3 atom stereocenters. The van der Waals surface area contributed by atoms with Gasteiger partial charge in [0.15, 0.2) is 0 Å². The van der Waals surface area contributed by atoms with Crippen molar-refractivity contribution in [3.63, 3.8) is 0 Å². The SMILES string of the molecule is C[C@H]1CCCN(C(=O)[C@@H](C)N2CCC(N(C)S(=O)(=O)c3cccc4cc(Cl)ccc34)C2=O)C1. The topological polar surface area (TPSA) is 78.0 Å². The van der Waals surface area contributed by atoms with Crippen molar-refractivity contribution in [3.8, 4) is 0 Å². The van der Waals surface area contributed by atoms with Crippen LogP contribution >= 0.6 is 11.6 Å². The van der Waals surface area contributed by atoms with Gasteiger partial charge in [0, 0.05) is 37.1 Å². The minimum atomic E-state index is -3.94. The van der Waals surface area contributed by atoms with Gasteiger partial charge in [-0.2, -0.15) is 4.31 Å². The molecule has 0 saturated carbocycles. The van der Waals surface area contributed by atoms with E-state index in [1.165, 1.54) is 11.9 Å². The number of sulfonamides is 1. The number of piperidine rings is 1. The van der Waals surface area contributed by atoms with Gasteiger partial charge in [-0.1, -0.05) is 36.7 Å². The van der Waals surface area contributed by atoms with Crippen LogP contribution in [0, 0.1) is 5.92 Å². The predicted octanol–water partition coefficient (Wildman–Crippen LogP) is 3.36. The molecule has 0 N–H and O–H groups in total. The second kappa shape index (κ2) is 9.24. The molecule has 4 rings (SSSR count). The van der Waals surface area contributed by atoms with Crippen molar-refractivity contribution in [2.75, 3.05) is 26.7 Å². The first-order chi connectivity index (χ1) is 15.6. The monoisotopic (exact) mass is 491 g/mol. The van der Waals surface area contributed by atoms with Crippen LogP contribution in [0.2, 0.25) is 5.02 Å². The minimum Gasteiger partial charge on any atom is -0.341 e. The normalized spacial score (nSPS) is 22.9. The summed E-state index contributed by atoms with van der Waals surface area (Å²) in [6, 6.07) is 8.62. The van der Waals surface area contributed by atoms with E-state index in [1.54, 1.807) is 43.3 Å². The molecule has 0 aromatic heterocycles. The van der Waals surface area contributed by atoms with Crippen LogP contribution < -0.4 is 0 Å². The van der Waals surface area contributed by atoms with Crippen molar-refractivity contribution in [1.82, 2.24) is 14.1 Å². The van der Waals surface area contributed by atoms with Gasteiger partial charge >= 0.3 is 0 Å². The summed E-state index contributed by atoms with van der Waals surface area (Å²) < 4.78 is 28.2. The number of hydrogen-bond donors (Lipinski definition) is 0. The molecule has 2 aromatic carbocycles. The number of carbonyl (C=O) groups is 2. The zero-order valence-electron chi connectivity index (χ0n) is 19.2. The van der Waals surface area contributed by atoms with Gasteiger partial charge in [-0.25, -0.2) is 8.42 Å². The van der Waals surface area contributed by atoms with Gasteiger partial charge in [0.1, 0.15) is 12.1 Å². The minimum absolute atomic E-state index is 0.0630. The maximum atomic E-state index is 13.5. The van der Waals surface area contributed by atoms with Crippen molar-refractivity contribution in [2.45, 2.75) is 50.1 Å². The molecule has 2 aliphatic rings. The standard InChI is InChI=1S/C24H30ClN3O4S/c1-16-6-5-12-27(15-16)23(29)17(2)28-13-11-21(24(28)30)26(3)33(31,32)22-8-4-7-18-14-19(25)9-10-20(18)22/h4,7-10,14,16-17,21H,5-6,11-13,15H2,1-3H3/t16-,17+,21?/m0/s1. The summed E-state index contributed by atoms with van der Waals surface area (Å²) in [4.78, 5) is 29.8. The predicted molar refractivity (Wildman–Crippen MR) is 128 cm³/mol. The molecule has 33 heavy (non-hydrogen) atoms. The lowest BCUT2D eigenvalue weighted by atomic mass is 9.99. The quantitative estimate of drug-likeness (QED) is 0.642. The average molecular weight is 492 g/mol. The van der Waals surface area contributed by atoms with E-state index in [0.29, 0.717) is 47.8 Å². The second-order valence-corrected chi connectivity index (χ2v) is 11.6. The fraction of sp³-hybridized carbons (Fsp3) is 0.500. The van der Waals surface area contributed by atoms with E-state index in [4.69, 9.17) is 11.6 Å². The van der Waals surface area contributed by atoms with Gasteiger partial charge < -0.3 is 9.80 Å². The van der Waals surface area contributed by atoms with Gasteiger partial charge in [0.05, 0.1) is 4.90 Å². The molecular formula is C24H30ClN3O4S. The van der Waals surface area contributed by atoms with E-state index in [9.17, 15) is 18.0 Å². The average Bonchev–Trinajstić information content (AvgIpc) is 3.17. The molecule has 0 bridgehead atoms. The number of carbonyl (C=O) groups excluding carboxylic acids is 2. The highest BCUT2D eigenvalue weighted by molar-refractivity contribution is 7.89. The smallest absolute Gasteiger partial charge is 0.245 e. The number of nitrogens with zero attached hydrogens (tertiary/aromatic N) is 3. The van der Waals surface area contributed by atoms with Crippen LogP contribution in [-0.2, 0) is 19.6 Å². The number of benzene rings is 2. The highest BCUT2D eigenvalue weighted by Gasteiger charge is 2.43. The Morgan fingerprint density at radius 2 is 1.94 bits per heavy atom. The Kier molecular flexibility index (Phi) is 6.71. The van der Waals surface area contributed by atoms with Crippen molar-refractivity contribution in [3.05, 3.63) is 41.4 Å². The van der Waals surface area contributed by atoms with Crippen LogP contribution in [-0.4, -0.2) is 73.1 Å². The van der Waals surface area contributed by atoms with Crippen molar-refractivity contribution >= 4 is 44.2 Å². The third kappa shape index (κ3) is 4.48. The zero-order chi connectivity index (χ0) is 23.9. The second-order valence-electron chi connectivity index (χ2n) is 9.19. The Labute approximate surface area is 200 Å². The van der Waals surface area contributed by atoms with Gasteiger partial charge in [-0.15, -0.1) is 0 Å². The number of rotatable bonds is 5. The van der Waals surface area contributed by atoms with Gasteiger partial charge in [0.25, 0.3) is 0 Å². The van der Waals surface area contributed by atoms with E-state index in [-0.39, 0.29) is 16.7 Å². The summed E-state index contributed by atoms with van der Waals surface area (Å²) in [6.45, 7) is 5.63. The number of likely N-dealkylation sites (N-methyl/N-ethyl adjacent to an activating group) is 1. The summed E-state index contributed by atoms with van der Waals surface area (Å²) in [5.41, 5.74) is 0. The Balaban J connectivity index is 1.54. The fourth-order valence-corrected chi connectivity index (χ4v) is 6.70. The van der Waals surface area contributed by atoms with Crippen molar-refractivity contribution in [2.24, 2.45) is 5.92 Å². The number of hydrogen-bond acceptors (Lipinski definition) is 4. The molecule has 2 heterocycles. The number of fused-ring (bicyclic) bond motifs is 1. The van der Waals surface area contributed by atoms with E-state index in [2.05, 4.69) is 6.92 Å². The largest absolute Gasteiger partial charge is 0.341 e. The summed E-state index contributed by atoms with van der Waals surface area (Å²) in [5.74, 6) is 0.0611. The lowest BCUT2D eigenvalue weighted by Gasteiger charge is -2.35. The van der Waals surface area contributed by atoms with Crippen LogP contribution in [0.25, 0.3) is 10.8 Å². The Morgan fingerprint density at radius 3 is 2.67 bits per heavy atom. The molecule has 2 saturated heterocycles. The number of halogens is 1. The number of amides is 2. The highest BCUT2D eigenvalue weighted by atomic mass is 35.5. The molecule has 2 fully saturated rings. The summed E-state index contributed by atoms with van der Waals surface area (Å²) in [5, 5.41) is 1.79. The highest BCUT2D eigenvalue weighted by Crippen LogP contribution is 2.30. The van der Waals surface area contributed by atoms with Crippen LogP contribution in [0.5, 0.6) is 0 Å². The molecule has 178 valence electrons. The molecule has 0 radical (unpaired) electrons. The van der Waals surface area contributed by atoms with E-state index < -0.39 is 22.1 Å². The first kappa shape index (κ1) is 24.0. The van der Waals surface area contributed by atoms with Gasteiger partial charge in [-0.05, 0) is 55.7 Å². The Bertz CT molecular complexity index is 1190. The van der Waals surface area contributed by atoms with Crippen molar-refractivity contribution < 1.29 is 18.0 Å². The summed E-state index contributed by atoms with van der Waals surface area (Å²) in [7, 11) is -2.51. The molecular weight excluding hydrogens is 462 g/mol. The Hall–Kier alpha value is -2.16. The maximum Gasteiger partial charge on any atom is 0.245 e. The molecule has 0 aliphatic carbocycles. The fourth-order valence-electron chi connectivity index (χ4n) is 4.97. The maximum absolute atomic E-state index is 13.5. The van der Waals surface area contributed by atoms with Crippen LogP contribution in [0.4, 0.5) is 0 Å². The third-order valence-electron chi connectivity index (χ3n) is 6.90. The van der Waals surface area contributed by atoms with E-state index in [1.807, 2.05) is 4.90 Å². The lowest BCUT2D eigenvalue weighted by molar-refractivity contribution is -0.145. The van der Waals surface area contributed by atoms with Crippen LogP contribution in [0.1, 0.15) is 33.1 Å². The lowest BCUT2D eigenvalue weighted by Crippen LogP contribution is -2.52. The summed E-state index contributed by atoms with van der Waals surface area (Å²) >= 11 is 6.06. The van der Waals surface area contributed by atoms with Crippen molar-refractivity contribution in [1.29, 1.82) is 0 Å². The molecule has 2 aliphatic heterocycles. The molecule has 1 unspecified atom stereocenters. The zero-order valence-corrected chi connectivity index (χ0v) is 20.8. The molecule has 7 nitrogen and oxygen atoms in total. The first-order valence-corrected chi connectivity index (χ1v) is 13.2. The van der Waals surface area contributed by atoms with E-state index in [0.717, 1.165) is 17.1 Å².